The zero-order chi connectivity index (χ0) is 61.7. The summed E-state index contributed by atoms with van der Waals surface area (Å²) in [5.74, 6) is -3.13. The number of rotatable bonds is 59. The Morgan fingerprint density at radius 1 is 0.400 bits per heavy atom. The van der Waals surface area contributed by atoms with Crippen LogP contribution in [0.5, 0.6) is 0 Å². The van der Waals surface area contributed by atoms with Gasteiger partial charge in [-0.1, -0.05) is 254 Å². The molecule has 85 heavy (non-hydrogen) atoms. The number of carbonyl (C=O) groups is 4. The van der Waals surface area contributed by atoms with E-state index in [0.717, 1.165) is 135 Å². The Morgan fingerprint density at radius 3 is 1.16 bits per heavy atom. The number of carboxylic acids is 1. The maximum atomic E-state index is 13.2. The van der Waals surface area contributed by atoms with E-state index in [2.05, 4.69) is 106 Å². The number of aliphatic hydroxyl groups is 2. The molecule has 0 spiro atoms. The van der Waals surface area contributed by atoms with E-state index in [4.69, 9.17) is 23.7 Å². The van der Waals surface area contributed by atoms with Gasteiger partial charge >= 0.3 is 23.9 Å². The average molecular weight is 1190 g/mol. The van der Waals surface area contributed by atoms with Crippen LogP contribution in [0, 0.1) is 0 Å². The molecule has 12 nitrogen and oxygen atoms in total. The third kappa shape index (κ3) is 49.6. The van der Waals surface area contributed by atoms with Crippen molar-refractivity contribution in [2.45, 2.75) is 340 Å². The first-order chi connectivity index (χ1) is 41.6. The van der Waals surface area contributed by atoms with Gasteiger partial charge in [-0.2, -0.15) is 0 Å². The van der Waals surface area contributed by atoms with Gasteiger partial charge in [0.1, 0.15) is 18.8 Å². The van der Waals surface area contributed by atoms with Crippen LogP contribution >= 0.6 is 0 Å². The van der Waals surface area contributed by atoms with Crippen LogP contribution in [0.25, 0.3) is 0 Å². The summed E-state index contributed by atoms with van der Waals surface area (Å²) in [6, 6.07) is 0. The van der Waals surface area contributed by atoms with Gasteiger partial charge in [-0.15, -0.1) is 0 Å². The molecule has 1 saturated heterocycles. The summed E-state index contributed by atoms with van der Waals surface area (Å²) in [5.41, 5.74) is 0. The van der Waals surface area contributed by atoms with Crippen LogP contribution in [0.1, 0.15) is 303 Å². The fourth-order valence-corrected chi connectivity index (χ4v) is 10.2. The number of hydrogen-bond acceptors (Lipinski definition) is 11. The van der Waals surface area contributed by atoms with Gasteiger partial charge < -0.3 is 39.0 Å². The monoisotopic (exact) mass is 1190 g/mol. The molecule has 0 aromatic heterocycles. The highest BCUT2D eigenvalue weighted by atomic mass is 16.7. The van der Waals surface area contributed by atoms with E-state index in [9.17, 15) is 34.5 Å². The molecule has 0 saturated carbocycles. The third-order valence-corrected chi connectivity index (χ3v) is 15.4. The number of aliphatic hydroxyl groups excluding tert-OH is 2. The van der Waals surface area contributed by atoms with E-state index in [1.165, 1.54) is 109 Å². The molecular formula is C73H124O12. The summed E-state index contributed by atoms with van der Waals surface area (Å²) < 4.78 is 28.6. The minimum atomic E-state index is -1.91. The second-order valence-corrected chi connectivity index (χ2v) is 23.4. The molecule has 1 fully saturated rings. The molecule has 1 rings (SSSR count). The van der Waals surface area contributed by atoms with Gasteiger partial charge in [0.05, 0.1) is 6.61 Å². The van der Waals surface area contributed by atoms with E-state index in [1.54, 1.807) is 0 Å². The Kier molecular flexibility index (Phi) is 55.9. The van der Waals surface area contributed by atoms with Gasteiger partial charge in [-0.05, 0) is 116 Å². The summed E-state index contributed by atoms with van der Waals surface area (Å²) in [6.07, 6.45) is 66.7. The highest BCUT2D eigenvalue weighted by Gasteiger charge is 2.50. The first-order valence-corrected chi connectivity index (χ1v) is 34.6. The Hall–Kier alpha value is -4.10. The lowest BCUT2D eigenvalue weighted by atomic mass is 9.98. The lowest BCUT2D eigenvalue weighted by Crippen LogP contribution is -2.61. The summed E-state index contributed by atoms with van der Waals surface area (Å²) in [5, 5.41) is 31.7. The molecular weight excluding hydrogens is 1070 g/mol. The highest BCUT2D eigenvalue weighted by molar-refractivity contribution is 5.74. The van der Waals surface area contributed by atoms with Gasteiger partial charge in [0.15, 0.2) is 24.6 Å². The molecule has 3 N–H and O–H groups in total. The van der Waals surface area contributed by atoms with Crippen molar-refractivity contribution in [3.05, 3.63) is 85.1 Å². The van der Waals surface area contributed by atoms with Crippen molar-refractivity contribution in [3.8, 4) is 0 Å². The number of esters is 3. The third-order valence-electron chi connectivity index (χ3n) is 15.4. The molecule has 0 aliphatic carbocycles. The Balaban J connectivity index is 2.65. The molecule has 6 atom stereocenters. The predicted molar refractivity (Wildman–Crippen MR) is 349 cm³/mol. The smallest absolute Gasteiger partial charge is 0.335 e. The predicted octanol–water partition coefficient (Wildman–Crippen LogP) is 19.0. The maximum absolute atomic E-state index is 13.2. The summed E-state index contributed by atoms with van der Waals surface area (Å²) >= 11 is 0. The number of hydrogen-bond donors (Lipinski definition) is 3. The number of ether oxygens (including phenoxy) is 5. The Morgan fingerprint density at radius 2 is 0.741 bits per heavy atom. The molecule has 488 valence electrons. The molecule has 0 aromatic carbocycles. The van der Waals surface area contributed by atoms with Gasteiger partial charge in [0.2, 0.25) is 0 Å². The van der Waals surface area contributed by atoms with Crippen molar-refractivity contribution < 1.29 is 58.2 Å². The second kappa shape index (κ2) is 60.2. The van der Waals surface area contributed by atoms with Crippen LogP contribution in [0.3, 0.4) is 0 Å². The standard InChI is InChI=1S/C73H124O12/c1-4-7-10-13-16-19-22-25-28-31-33-36-38-41-44-47-50-53-56-59-65(74)81-62-64(83-66(75)60-57-54-51-48-45-42-39-35-30-27-24-21-18-15-12-9-6-3)63-82-73-71(69(78)68(77)70(85-73)72(79)80)84-67(76)61-58-55-52-49-46-43-40-37-34-32-29-26-23-20-17-14-11-8-5-2/h7,10,16-17,19-20,25-30,33,36,64,68-71,73,77-78H,4-6,8-9,11-15,18,21-24,31-32,34-35,37-63H2,1-3H3,(H,79,80)/b10-7-,19-16-,20-17-,28-25-,29-26-,30-27-,36-33-. The van der Waals surface area contributed by atoms with Gasteiger partial charge in [-0.25, -0.2) is 4.79 Å². The molecule has 1 heterocycles. The van der Waals surface area contributed by atoms with Crippen molar-refractivity contribution >= 4 is 23.9 Å². The zero-order valence-electron chi connectivity index (χ0n) is 54.1. The Labute approximate surface area is 518 Å². The number of unbranched alkanes of at least 4 members (excludes halogenated alkanes) is 31. The van der Waals surface area contributed by atoms with Crippen molar-refractivity contribution in [1.29, 1.82) is 0 Å². The molecule has 0 radical (unpaired) electrons. The summed E-state index contributed by atoms with van der Waals surface area (Å²) in [6.45, 7) is 5.88. The largest absolute Gasteiger partial charge is 0.479 e. The van der Waals surface area contributed by atoms with Gasteiger partial charge in [0.25, 0.3) is 0 Å². The van der Waals surface area contributed by atoms with Crippen LogP contribution in [0.15, 0.2) is 85.1 Å². The molecule has 6 unspecified atom stereocenters. The zero-order valence-corrected chi connectivity index (χ0v) is 54.1. The molecule has 1 aliphatic heterocycles. The van der Waals surface area contributed by atoms with E-state index in [0.29, 0.717) is 19.3 Å². The van der Waals surface area contributed by atoms with E-state index < -0.39 is 67.3 Å². The van der Waals surface area contributed by atoms with Crippen molar-refractivity contribution in [3.63, 3.8) is 0 Å². The van der Waals surface area contributed by atoms with Crippen LogP contribution < -0.4 is 0 Å². The fourth-order valence-electron chi connectivity index (χ4n) is 10.2. The number of aliphatic carboxylic acids is 1. The number of carbonyl (C=O) groups excluding carboxylic acids is 3. The number of allylic oxidation sites excluding steroid dienone is 14. The quantitative estimate of drug-likeness (QED) is 0.0228. The van der Waals surface area contributed by atoms with Gasteiger partial charge in [0, 0.05) is 19.3 Å². The first-order valence-electron chi connectivity index (χ1n) is 34.6. The topological polar surface area (TPSA) is 175 Å². The number of carboxylic acid groups (broad SMARTS) is 1. The van der Waals surface area contributed by atoms with Gasteiger partial charge in [-0.3, -0.25) is 14.4 Å². The molecule has 0 bridgehead atoms. The highest BCUT2D eigenvalue weighted by Crippen LogP contribution is 2.27. The second-order valence-electron chi connectivity index (χ2n) is 23.4. The lowest BCUT2D eigenvalue weighted by Gasteiger charge is -2.40. The molecule has 0 amide bonds. The minimum absolute atomic E-state index is 0.0520. The van der Waals surface area contributed by atoms with Crippen molar-refractivity contribution in [1.82, 2.24) is 0 Å². The van der Waals surface area contributed by atoms with Crippen LogP contribution in [0.4, 0.5) is 0 Å². The first kappa shape index (κ1) is 78.9. The summed E-state index contributed by atoms with van der Waals surface area (Å²) in [4.78, 5) is 51.5. The molecule has 0 aromatic rings. The normalized spacial score (nSPS) is 18.0. The van der Waals surface area contributed by atoms with Crippen molar-refractivity contribution in [2.24, 2.45) is 0 Å². The maximum Gasteiger partial charge on any atom is 0.335 e. The Bertz CT molecular complexity index is 1800. The van der Waals surface area contributed by atoms with E-state index >= 15 is 0 Å². The van der Waals surface area contributed by atoms with Crippen LogP contribution in [0.2, 0.25) is 0 Å². The summed E-state index contributed by atoms with van der Waals surface area (Å²) in [7, 11) is 0. The fraction of sp³-hybridized carbons (Fsp3) is 0.753. The molecule has 12 heteroatoms. The van der Waals surface area contributed by atoms with Crippen molar-refractivity contribution in [2.75, 3.05) is 13.2 Å². The SMILES string of the molecule is CC/C=C\C/C=C\C/C=C\C/C=C\CCCCCCCCC(=O)OCC(COC1OC(C(=O)O)C(O)C(O)C1OC(=O)CCCCCCCCCCC/C=C\C/C=C\CCCCC)OC(=O)CCCCCCCCC/C=C\CCCCCCCC. The minimum Gasteiger partial charge on any atom is -0.479 e. The molecule has 1 aliphatic rings. The van der Waals surface area contributed by atoms with Crippen LogP contribution in [-0.4, -0.2) is 89.2 Å². The van der Waals surface area contributed by atoms with Crippen LogP contribution in [-0.2, 0) is 42.9 Å². The average Bonchev–Trinajstić information content (AvgIpc) is 3.51. The van der Waals surface area contributed by atoms with E-state index in [-0.39, 0.29) is 25.9 Å². The lowest BCUT2D eigenvalue weighted by molar-refractivity contribution is -0.301. The van der Waals surface area contributed by atoms with E-state index in [1.807, 2.05) is 0 Å².